The van der Waals surface area contributed by atoms with Gasteiger partial charge in [0.15, 0.2) is 5.69 Å². The normalized spacial score (nSPS) is 15.2. The van der Waals surface area contributed by atoms with Gasteiger partial charge in [0, 0.05) is 11.1 Å². The van der Waals surface area contributed by atoms with Crippen LogP contribution >= 0.6 is 11.3 Å². The quantitative estimate of drug-likeness (QED) is 0.353. The van der Waals surface area contributed by atoms with Gasteiger partial charge < -0.3 is 9.47 Å². The number of rotatable bonds is 5. The van der Waals surface area contributed by atoms with Gasteiger partial charge in [-0.15, -0.1) is 0 Å². The molecule has 7 nitrogen and oxygen atoms in total. The summed E-state index contributed by atoms with van der Waals surface area (Å²) in [4.78, 5) is 30.5. The molecule has 1 aliphatic rings. The van der Waals surface area contributed by atoms with E-state index in [1.165, 1.54) is 4.52 Å². The third-order valence-corrected chi connectivity index (χ3v) is 6.97. The Morgan fingerprint density at radius 1 is 1.00 bits per heavy atom. The lowest BCUT2D eigenvalue weighted by Gasteiger charge is -2.26. The maximum atomic E-state index is 13.4. The fourth-order valence-corrected chi connectivity index (χ4v) is 5.18. The van der Waals surface area contributed by atoms with Crippen molar-refractivity contribution in [2.75, 3.05) is 6.61 Å². The maximum absolute atomic E-state index is 13.4. The zero-order chi connectivity index (χ0) is 25.4. The van der Waals surface area contributed by atoms with Gasteiger partial charge in [-0.2, -0.15) is 14.6 Å². The predicted octanol–water partition coefficient (Wildman–Crippen LogP) is 4.29. The highest BCUT2D eigenvalue weighted by Gasteiger charge is 2.23. The lowest BCUT2D eigenvalue weighted by atomic mass is 9.96. The molecule has 6 rings (SSSR count). The van der Waals surface area contributed by atoms with E-state index in [9.17, 15) is 9.59 Å². The first-order valence-corrected chi connectivity index (χ1v) is 12.6. The van der Waals surface area contributed by atoms with E-state index in [0.29, 0.717) is 22.5 Å². The molecule has 8 heteroatoms. The van der Waals surface area contributed by atoms with Crippen LogP contribution < -0.4 is 25.1 Å². The second-order valence-corrected chi connectivity index (χ2v) is 9.43. The second kappa shape index (κ2) is 9.48. The van der Waals surface area contributed by atoms with Crippen LogP contribution in [0.4, 0.5) is 0 Å². The number of aromatic nitrogens is 3. The highest BCUT2D eigenvalue weighted by Crippen LogP contribution is 2.37. The van der Waals surface area contributed by atoms with E-state index >= 15 is 0 Å². The van der Waals surface area contributed by atoms with Crippen molar-refractivity contribution in [2.45, 2.75) is 13.0 Å². The van der Waals surface area contributed by atoms with E-state index in [2.05, 4.69) is 10.1 Å². The van der Waals surface area contributed by atoms with E-state index in [-0.39, 0.29) is 22.3 Å². The molecule has 0 amide bonds. The Labute approximate surface area is 215 Å². The predicted molar refractivity (Wildman–Crippen MR) is 144 cm³/mol. The molecule has 0 N–H and O–H groups in total. The molecule has 5 aromatic rings. The molecule has 1 unspecified atom stereocenters. The highest BCUT2D eigenvalue weighted by atomic mass is 32.1. The van der Waals surface area contributed by atoms with Gasteiger partial charge in [0.05, 0.1) is 11.1 Å². The molecule has 0 radical (unpaired) electrons. The Balaban J connectivity index is 1.47. The number of nitrogens with zero attached hydrogens (tertiary/aromatic N) is 3. The molecule has 3 aromatic carbocycles. The van der Waals surface area contributed by atoms with Gasteiger partial charge in [0.1, 0.15) is 17.6 Å². The first kappa shape index (κ1) is 22.9. The van der Waals surface area contributed by atoms with Crippen molar-refractivity contribution in [1.82, 2.24) is 14.6 Å². The number of hydrogen-bond donors (Lipinski definition) is 0. The van der Waals surface area contributed by atoms with Crippen LogP contribution in [0.5, 0.6) is 11.5 Å². The number of benzene rings is 3. The lowest BCUT2D eigenvalue weighted by Crippen LogP contribution is -2.27. The smallest absolute Gasteiger partial charge is 0.300 e. The van der Waals surface area contributed by atoms with Crippen molar-refractivity contribution in [1.29, 1.82) is 0 Å². The van der Waals surface area contributed by atoms with Crippen LogP contribution in [0.15, 0.2) is 94.0 Å². The minimum Gasteiger partial charge on any atom is -0.494 e. The Morgan fingerprint density at radius 3 is 2.54 bits per heavy atom. The summed E-state index contributed by atoms with van der Waals surface area (Å²) in [6.45, 7) is 2.44. The second-order valence-electron chi connectivity index (χ2n) is 8.42. The summed E-state index contributed by atoms with van der Waals surface area (Å²) in [5.41, 5.74) is 2.56. The van der Waals surface area contributed by atoms with Crippen LogP contribution in [0.25, 0.3) is 28.4 Å². The Hall–Kier alpha value is -4.56. The SMILES string of the molecule is CCOc1ccc(-c2nn3c(=O)c(=CC4=Cc5ccccc5OC4c4ccccc4)sc3nc2=O)cc1. The van der Waals surface area contributed by atoms with Crippen LogP contribution in [-0.4, -0.2) is 21.2 Å². The van der Waals surface area contributed by atoms with Crippen molar-refractivity contribution in [3.63, 3.8) is 0 Å². The molecular weight excluding hydrogens is 486 g/mol. The number of ether oxygens (including phenoxy) is 2. The summed E-state index contributed by atoms with van der Waals surface area (Å²) in [5, 5.41) is 4.38. The summed E-state index contributed by atoms with van der Waals surface area (Å²) < 4.78 is 13.4. The molecule has 37 heavy (non-hydrogen) atoms. The van der Waals surface area contributed by atoms with E-state index in [0.717, 1.165) is 33.8 Å². The van der Waals surface area contributed by atoms with E-state index in [1.807, 2.05) is 67.6 Å². The molecule has 1 atom stereocenters. The van der Waals surface area contributed by atoms with Gasteiger partial charge in [0.2, 0.25) is 4.96 Å². The van der Waals surface area contributed by atoms with Crippen LogP contribution in [0, 0.1) is 0 Å². The summed E-state index contributed by atoms with van der Waals surface area (Å²) in [5.74, 6) is 1.47. The molecule has 1 aliphatic heterocycles. The van der Waals surface area contributed by atoms with E-state index in [1.54, 1.807) is 30.3 Å². The number of fused-ring (bicyclic) bond motifs is 2. The van der Waals surface area contributed by atoms with Crippen LogP contribution in [0.2, 0.25) is 0 Å². The van der Waals surface area contributed by atoms with E-state index < -0.39 is 5.56 Å². The average Bonchev–Trinajstić information content (AvgIpc) is 3.22. The maximum Gasteiger partial charge on any atom is 0.300 e. The molecule has 2 aromatic heterocycles. The van der Waals surface area contributed by atoms with Gasteiger partial charge in [-0.25, -0.2) is 0 Å². The summed E-state index contributed by atoms with van der Waals surface area (Å²) in [6, 6.07) is 24.6. The first-order valence-electron chi connectivity index (χ1n) is 11.8. The highest BCUT2D eigenvalue weighted by molar-refractivity contribution is 7.15. The fourth-order valence-electron chi connectivity index (χ4n) is 4.28. The summed E-state index contributed by atoms with van der Waals surface area (Å²) in [6.07, 6.45) is 3.44. The van der Waals surface area contributed by atoms with Crippen molar-refractivity contribution in [2.24, 2.45) is 0 Å². The van der Waals surface area contributed by atoms with Gasteiger partial charge >= 0.3 is 5.56 Å². The summed E-state index contributed by atoms with van der Waals surface area (Å²) in [7, 11) is 0. The molecule has 0 aliphatic carbocycles. The largest absolute Gasteiger partial charge is 0.494 e. The minimum absolute atomic E-state index is 0.110. The van der Waals surface area contributed by atoms with Crippen LogP contribution in [0.3, 0.4) is 0 Å². The first-order chi connectivity index (χ1) is 18.1. The summed E-state index contributed by atoms with van der Waals surface area (Å²) >= 11 is 1.13. The van der Waals surface area contributed by atoms with Crippen molar-refractivity contribution in [3.05, 3.63) is 121 Å². The molecule has 0 spiro atoms. The van der Waals surface area contributed by atoms with Crippen LogP contribution in [0.1, 0.15) is 24.2 Å². The Bertz CT molecular complexity index is 1810. The molecule has 3 heterocycles. The number of para-hydroxylation sites is 1. The average molecular weight is 508 g/mol. The van der Waals surface area contributed by atoms with Crippen molar-refractivity contribution >= 4 is 28.4 Å². The molecule has 0 saturated heterocycles. The third-order valence-electron chi connectivity index (χ3n) is 6.01. The molecule has 0 saturated carbocycles. The zero-order valence-corrected chi connectivity index (χ0v) is 20.6. The lowest BCUT2D eigenvalue weighted by molar-refractivity contribution is 0.244. The third kappa shape index (κ3) is 4.32. The Kier molecular flexibility index (Phi) is 5.86. The molecule has 0 fully saturated rings. The van der Waals surface area contributed by atoms with Crippen molar-refractivity contribution < 1.29 is 9.47 Å². The molecular formula is C29H21N3O4S. The van der Waals surface area contributed by atoms with Gasteiger partial charge in [-0.1, -0.05) is 59.9 Å². The monoisotopic (exact) mass is 507 g/mol. The van der Waals surface area contributed by atoms with E-state index in [4.69, 9.17) is 9.47 Å². The van der Waals surface area contributed by atoms with Gasteiger partial charge in [-0.05, 0) is 60.5 Å². The van der Waals surface area contributed by atoms with Crippen LogP contribution in [-0.2, 0) is 0 Å². The minimum atomic E-state index is -0.492. The van der Waals surface area contributed by atoms with Crippen molar-refractivity contribution in [3.8, 4) is 22.8 Å². The standard InChI is InChI=1S/C29H21N3O4S/c1-2-35-22-14-12-18(13-15-22)25-27(33)30-29-32(31-25)28(34)24(37-29)17-21-16-20-10-6-7-11-23(20)36-26(21)19-8-4-3-5-9-19/h3-17,26H,2H2,1H3. The Morgan fingerprint density at radius 2 is 1.76 bits per heavy atom. The van der Waals surface area contributed by atoms with Gasteiger partial charge in [0.25, 0.3) is 5.56 Å². The number of hydrogen-bond acceptors (Lipinski definition) is 7. The molecule has 182 valence electrons. The fraction of sp³-hybridized carbons (Fsp3) is 0.103. The van der Waals surface area contributed by atoms with Gasteiger partial charge in [-0.3, -0.25) is 9.59 Å². The zero-order valence-electron chi connectivity index (χ0n) is 19.8. The molecule has 0 bridgehead atoms. The number of thiazole rings is 1. The topological polar surface area (TPSA) is 82.8 Å².